The van der Waals surface area contributed by atoms with Crippen LogP contribution in [0.25, 0.3) is 22.2 Å². The molecule has 0 saturated carbocycles. The summed E-state index contributed by atoms with van der Waals surface area (Å²) in [6.07, 6.45) is -4.37. The van der Waals surface area contributed by atoms with Crippen LogP contribution in [0.2, 0.25) is 0 Å². The number of halogens is 3. The molecule has 0 unspecified atom stereocenters. The molecule has 0 aliphatic heterocycles. The third kappa shape index (κ3) is 3.96. The number of benzene rings is 3. The largest absolute Gasteiger partial charge is 0.497 e. The second kappa shape index (κ2) is 7.95. The summed E-state index contributed by atoms with van der Waals surface area (Å²) in [6, 6.07) is 22.5. The maximum absolute atomic E-state index is 13.0. The van der Waals surface area contributed by atoms with Crippen molar-refractivity contribution in [3.63, 3.8) is 0 Å². The molecule has 0 bridgehead atoms. The molecule has 152 valence electrons. The van der Waals surface area contributed by atoms with Gasteiger partial charge in [-0.2, -0.15) is 13.2 Å². The second-order valence-corrected chi connectivity index (χ2v) is 7.36. The summed E-state index contributed by atoms with van der Waals surface area (Å²) in [5.41, 5.74) is 2.73. The molecule has 0 amide bonds. The Morgan fingerprint density at radius 1 is 0.900 bits per heavy atom. The maximum Gasteiger partial charge on any atom is 0.416 e. The number of rotatable bonds is 4. The Morgan fingerprint density at radius 3 is 2.20 bits per heavy atom. The molecule has 0 saturated heterocycles. The zero-order chi connectivity index (χ0) is 21.3. The fourth-order valence-electron chi connectivity index (χ4n) is 3.48. The Kier molecular flexibility index (Phi) is 5.35. The molecule has 4 rings (SSSR count). The number of para-hydroxylation sites is 1. The standard InChI is InChI=1S/C24H18F3NOS/c1-29-19-12-6-16(7-13-19)15-28-21-5-3-2-4-20(21)23(30)14-22(28)17-8-10-18(11-9-17)24(25,26)27/h2-14H,15H2,1H3. The van der Waals surface area contributed by atoms with Gasteiger partial charge in [0.2, 0.25) is 0 Å². The minimum atomic E-state index is -4.37. The van der Waals surface area contributed by atoms with Gasteiger partial charge in [-0.1, -0.05) is 54.7 Å². The van der Waals surface area contributed by atoms with E-state index in [4.69, 9.17) is 17.0 Å². The lowest BCUT2D eigenvalue weighted by atomic mass is 10.0. The molecule has 6 heteroatoms. The average Bonchev–Trinajstić information content (AvgIpc) is 2.75. The van der Waals surface area contributed by atoms with E-state index in [1.54, 1.807) is 7.11 Å². The highest BCUT2D eigenvalue weighted by molar-refractivity contribution is 7.71. The van der Waals surface area contributed by atoms with E-state index in [0.717, 1.165) is 40.0 Å². The summed E-state index contributed by atoms with van der Waals surface area (Å²) < 4.78 is 46.9. The van der Waals surface area contributed by atoms with E-state index >= 15 is 0 Å². The monoisotopic (exact) mass is 425 g/mol. The van der Waals surface area contributed by atoms with Crippen LogP contribution >= 0.6 is 12.2 Å². The van der Waals surface area contributed by atoms with Crippen LogP contribution in [-0.2, 0) is 12.7 Å². The lowest BCUT2D eigenvalue weighted by Gasteiger charge is -2.19. The lowest BCUT2D eigenvalue weighted by Crippen LogP contribution is -2.07. The highest BCUT2D eigenvalue weighted by Gasteiger charge is 2.30. The van der Waals surface area contributed by atoms with Gasteiger partial charge in [-0.15, -0.1) is 0 Å². The molecule has 0 radical (unpaired) electrons. The number of nitrogens with zero attached hydrogens (tertiary/aromatic N) is 1. The molecule has 0 N–H and O–H groups in total. The van der Waals surface area contributed by atoms with E-state index in [-0.39, 0.29) is 0 Å². The van der Waals surface area contributed by atoms with Gasteiger partial charge in [0, 0.05) is 16.4 Å². The summed E-state index contributed by atoms with van der Waals surface area (Å²) in [7, 11) is 1.61. The van der Waals surface area contributed by atoms with Gasteiger partial charge in [0.25, 0.3) is 0 Å². The van der Waals surface area contributed by atoms with Gasteiger partial charge >= 0.3 is 6.18 Å². The molecule has 0 aliphatic rings. The summed E-state index contributed by atoms with van der Waals surface area (Å²) in [5, 5.41) is 0.927. The SMILES string of the molecule is COc1ccc(Cn2c(-c3ccc(C(F)(F)F)cc3)cc(=S)c3ccccc32)cc1. The molecule has 30 heavy (non-hydrogen) atoms. The van der Waals surface area contributed by atoms with Crippen LogP contribution in [-0.4, -0.2) is 11.7 Å². The molecule has 0 fully saturated rings. The number of fused-ring (bicyclic) bond motifs is 1. The van der Waals surface area contributed by atoms with Gasteiger partial charge < -0.3 is 9.30 Å². The van der Waals surface area contributed by atoms with E-state index in [0.29, 0.717) is 16.6 Å². The zero-order valence-corrected chi connectivity index (χ0v) is 16.9. The van der Waals surface area contributed by atoms with Crippen molar-refractivity contribution in [3.05, 3.63) is 94.5 Å². The van der Waals surface area contributed by atoms with Crippen LogP contribution in [0.1, 0.15) is 11.1 Å². The predicted octanol–water partition coefficient (Wildman–Crippen LogP) is 7.11. The van der Waals surface area contributed by atoms with Crippen LogP contribution in [0.3, 0.4) is 0 Å². The Bertz CT molecular complexity index is 1240. The number of pyridine rings is 1. The molecule has 0 aliphatic carbocycles. The average molecular weight is 425 g/mol. The van der Waals surface area contributed by atoms with Crippen LogP contribution in [0.5, 0.6) is 5.75 Å². The Morgan fingerprint density at radius 2 is 1.57 bits per heavy atom. The van der Waals surface area contributed by atoms with Crippen molar-refractivity contribution in [2.75, 3.05) is 7.11 Å². The summed E-state index contributed by atoms with van der Waals surface area (Å²) in [6.45, 7) is 0.538. The molecule has 0 atom stereocenters. The van der Waals surface area contributed by atoms with Crippen LogP contribution in [0, 0.1) is 4.51 Å². The van der Waals surface area contributed by atoms with Gasteiger partial charge in [-0.3, -0.25) is 0 Å². The van der Waals surface area contributed by atoms with E-state index < -0.39 is 11.7 Å². The maximum atomic E-state index is 13.0. The molecule has 3 aromatic carbocycles. The lowest BCUT2D eigenvalue weighted by molar-refractivity contribution is -0.137. The Labute approximate surface area is 177 Å². The molecule has 0 spiro atoms. The van der Waals surface area contributed by atoms with Crippen molar-refractivity contribution in [2.45, 2.75) is 12.7 Å². The molecule has 4 aromatic rings. The first kappa shape index (κ1) is 20.2. The van der Waals surface area contributed by atoms with Crippen molar-refractivity contribution in [1.82, 2.24) is 4.57 Å². The van der Waals surface area contributed by atoms with E-state index in [9.17, 15) is 13.2 Å². The molecular weight excluding hydrogens is 407 g/mol. The summed E-state index contributed by atoms with van der Waals surface area (Å²) in [5.74, 6) is 0.762. The first-order valence-electron chi connectivity index (χ1n) is 9.30. The summed E-state index contributed by atoms with van der Waals surface area (Å²) >= 11 is 5.57. The number of alkyl halides is 3. The quantitative estimate of drug-likeness (QED) is 0.323. The number of hydrogen-bond acceptors (Lipinski definition) is 2. The van der Waals surface area contributed by atoms with Crippen LogP contribution in [0.15, 0.2) is 78.9 Å². The van der Waals surface area contributed by atoms with Gasteiger partial charge in [-0.05, 0) is 47.5 Å². The fourth-order valence-corrected chi connectivity index (χ4v) is 3.76. The van der Waals surface area contributed by atoms with Crippen LogP contribution < -0.4 is 4.74 Å². The molecule has 1 aromatic heterocycles. The fraction of sp³-hybridized carbons (Fsp3) is 0.125. The van der Waals surface area contributed by atoms with Crippen molar-refractivity contribution >= 4 is 23.1 Å². The third-order valence-corrected chi connectivity index (χ3v) is 5.36. The number of hydrogen-bond donors (Lipinski definition) is 0. The first-order valence-corrected chi connectivity index (χ1v) is 9.71. The Balaban J connectivity index is 1.88. The third-order valence-electron chi connectivity index (χ3n) is 5.03. The number of aromatic nitrogens is 1. The first-order chi connectivity index (χ1) is 14.4. The number of methoxy groups -OCH3 is 1. The van der Waals surface area contributed by atoms with Gasteiger partial charge in [-0.25, -0.2) is 0 Å². The molecule has 1 heterocycles. The topological polar surface area (TPSA) is 14.2 Å². The highest BCUT2D eigenvalue weighted by Crippen LogP contribution is 2.32. The van der Waals surface area contributed by atoms with Gasteiger partial charge in [0.1, 0.15) is 5.75 Å². The number of ether oxygens (including phenoxy) is 1. The minimum Gasteiger partial charge on any atom is -0.497 e. The Hall–Kier alpha value is -3.12. The van der Waals surface area contributed by atoms with Crippen LogP contribution in [0.4, 0.5) is 13.2 Å². The molecular formula is C24H18F3NOS. The second-order valence-electron chi connectivity index (χ2n) is 6.92. The van der Waals surface area contributed by atoms with Gasteiger partial charge in [0.15, 0.2) is 0 Å². The van der Waals surface area contributed by atoms with Gasteiger partial charge in [0.05, 0.1) is 23.9 Å². The van der Waals surface area contributed by atoms with Crippen molar-refractivity contribution < 1.29 is 17.9 Å². The van der Waals surface area contributed by atoms with E-state index in [1.807, 2.05) is 54.6 Å². The smallest absolute Gasteiger partial charge is 0.416 e. The van der Waals surface area contributed by atoms with E-state index in [1.165, 1.54) is 12.1 Å². The van der Waals surface area contributed by atoms with Crippen molar-refractivity contribution in [1.29, 1.82) is 0 Å². The van der Waals surface area contributed by atoms with Crippen molar-refractivity contribution in [3.8, 4) is 17.0 Å². The minimum absolute atomic E-state index is 0.538. The molecule has 2 nitrogen and oxygen atoms in total. The predicted molar refractivity (Wildman–Crippen MR) is 115 cm³/mol. The summed E-state index contributed by atoms with van der Waals surface area (Å²) in [4.78, 5) is 0. The van der Waals surface area contributed by atoms with Crippen molar-refractivity contribution in [2.24, 2.45) is 0 Å². The zero-order valence-electron chi connectivity index (χ0n) is 16.1. The normalized spacial score (nSPS) is 11.6. The highest BCUT2D eigenvalue weighted by atomic mass is 32.1. The van der Waals surface area contributed by atoms with E-state index in [2.05, 4.69) is 4.57 Å².